The molecule has 1 aliphatic heterocycles. The highest BCUT2D eigenvalue weighted by atomic mass is 16.5. The standard InChI is InChI=1S/C20H32N2O/c1-2-23-20-11-9-18(10-12-20)17-21-13-15-22(16-14-21)19-7-5-3-4-6-8-19/h9-12,19H,2-8,13-17H2,1H3/p+2. The zero-order valence-corrected chi connectivity index (χ0v) is 14.8. The number of ether oxygens (including phenoxy) is 1. The highest BCUT2D eigenvalue weighted by molar-refractivity contribution is 5.26. The fraction of sp³-hybridized carbons (Fsp3) is 0.700. The maximum Gasteiger partial charge on any atom is 0.127 e. The van der Waals surface area contributed by atoms with Crippen molar-refractivity contribution in [3.63, 3.8) is 0 Å². The number of nitrogens with one attached hydrogen (secondary N) is 2. The Morgan fingerprint density at radius 1 is 0.913 bits per heavy atom. The van der Waals surface area contributed by atoms with Crippen LogP contribution in [0.4, 0.5) is 0 Å². The second kappa shape index (κ2) is 8.70. The quantitative estimate of drug-likeness (QED) is 0.778. The minimum atomic E-state index is 0.747. The first-order chi connectivity index (χ1) is 11.3. The van der Waals surface area contributed by atoms with Crippen LogP contribution >= 0.6 is 0 Å². The van der Waals surface area contributed by atoms with Gasteiger partial charge in [-0.2, -0.15) is 0 Å². The molecule has 1 saturated heterocycles. The molecule has 3 nitrogen and oxygen atoms in total. The number of rotatable bonds is 5. The zero-order valence-electron chi connectivity index (χ0n) is 14.8. The van der Waals surface area contributed by atoms with Crippen LogP contribution in [0.5, 0.6) is 5.75 Å². The van der Waals surface area contributed by atoms with E-state index in [4.69, 9.17) is 4.74 Å². The molecule has 0 atom stereocenters. The summed E-state index contributed by atoms with van der Waals surface area (Å²) in [4.78, 5) is 3.66. The molecule has 23 heavy (non-hydrogen) atoms. The third-order valence-corrected chi connectivity index (χ3v) is 5.72. The van der Waals surface area contributed by atoms with Gasteiger partial charge in [0.05, 0.1) is 12.6 Å². The van der Waals surface area contributed by atoms with E-state index in [1.54, 1.807) is 4.90 Å². The van der Waals surface area contributed by atoms with Crippen LogP contribution in [0.2, 0.25) is 0 Å². The Kier molecular flexibility index (Phi) is 6.35. The van der Waals surface area contributed by atoms with Gasteiger partial charge in [-0.05, 0) is 56.9 Å². The molecule has 1 aliphatic carbocycles. The van der Waals surface area contributed by atoms with Crippen molar-refractivity contribution < 1.29 is 14.5 Å². The van der Waals surface area contributed by atoms with Gasteiger partial charge in [-0.1, -0.05) is 12.8 Å². The molecule has 0 unspecified atom stereocenters. The third-order valence-electron chi connectivity index (χ3n) is 5.72. The van der Waals surface area contributed by atoms with Crippen LogP contribution in [-0.2, 0) is 6.54 Å². The molecule has 128 valence electrons. The summed E-state index contributed by atoms with van der Waals surface area (Å²) >= 11 is 0. The van der Waals surface area contributed by atoms with Crippen molar-refractivity contribution in [3.05, 3.63) is 29.8 Å². The largest absolute Gasteiger partial charge is 0.494 e. The molecule has 3 rings (SSSR count). The summed E-state index contributed by atoms with van der Waals surface area (Å²) in [5.74, 6) is 0.994. The second-order valence-corrected chi connectivity index (χ2v) is 7.35. The van der Waals surface area contributed by atoms with E-state index in [9.17, 15) is 0 Å². The lowest BCUT2D eigenvalue weighted by Gasteiger charge is -2.34. The number of benzene rings is 1. The summed E-state index contributed by atoms with van der Waals surface area (Å²) in [6.07, 6.45) is 8.83. The summed E-state index contributed by atoms with van der Waals surface area (Å²) in [7, 11) is 0. The van der Waals surface area contributed by atoms with E-state index in [-0.39, 0.29) is 0 Å². The van der Waals surface area contributed by atoms with Crippen LogP contribution in [0.25, 0.3) is 0 Å². The summed E-state index contributed by atoms with van der Waals surface area (Å²) in [6, 6.07) is 9.67. The molecule has 2 aliphatic rings. The molecular formula is C20H34N2O+2. The summed E-state index contributed by atoms with van der Waals surface area (Å²) in [5.41, 5.74) is 1.45. The van der Waals surface area contributed by atoms with Crippen LogP contribution in [0.3, 0.4) is 0 Å². The Morgan fingerprint density at radius 3 is 2.17 bits per heavy atom. The van der Waals surface area contributed by atoms with E-state index in [1.165, 1.54) is 76.8 Å². The van der Waals surface area contributed by atoms with Crippen LogP contribution in [-0.4, -0.2) is 38.8 Å². The molecule has 0 radical (unpaired) electrons. The monoisotopic (exact) mass is 318 g/mol. The summed E-state index contributed by atoms with van der Waals surface area (Å²) in [6.45, 7) is 9.36. The molecule has 0 aromatic heterocycles. The Balaban J connectivity index is 1.45. The highest BCUT2D eigenvalue weighted by Gasteiger charge is 2.29. The summed E-state index contributed by atoms with van der Waals surface area (Å²) < 4.78 is 5.53. The third kappa shape index (κ3) is 4.95. The maximum atomic E-state index is 5.53. The Hall–Kier alpha value is -1.06. The summed E-state index contributed by atoms with van der Waals surface area (Å²) in [5, 5.41) is 0. The van der Waals surface area contributed by atoms with Crippen molar-refractivity contribution in [1.82, 2.24) is 0 Å². The van der Waals surface area contributed by atoms with Crippen molar-refractivity contribution in [1.29, 1.82) is 0 Å². The SMILES string of the molecule is CCOc1ccc(C[NH+]2CC[NH+](C3CCCCCC3)CC2)cc1. The van der Waals surface area contributed by atoms with Crippen molar-refractivity contribution in [2.24, 2.45) is 0 Å². The van der Waals surface area contributed by atoms with Gasteiger partial charge in [-0.15, -0.1) is 0 Å². The van der Waals surface area contributed by atoms with Crippen molar-refractivity contribution in [2.75, 3.05) is 32.8 Å². The van der Waals surface area contributed by atoms with Crippen molar-refractivity contribution in [3.8, 4) is 5.75 Å². The van der Waals surface area contributed by atoms with Crippen LogP contribution in [0, 0.1) is 0 Å². The van der Waals surface area contributed by atoms with Gasteiger partial charge in [0, 0.05) is 5.56 Å². The molecular weight excluding hydrogens is 284 g/mol. The molecule has 1 aromatic rings. The fourth-order valence-electron chi connectivity index (χ4n) is 4.36. The van der Waals surface area contributed by atoms with Gasteiger partial charge in [0.1, 0.15) is 38.5 Å². The second-order valence-electron chi connectivity index (χ2n) is 7.35. The first kappa shape index (κ1) is 16.8. The van der Waals surface area contributed by atoms with E-state index in [1.807, 2.05) is 11.8 Å². The maximum absolute atomic E-state index is 5.53. The van der Waals surface area contributed by atoms with Gasteiger partial charge in [0.2, 0.25) is 0 Å². The first-order valence-corrected chi connectivity index (χ1v) is 9.75. The molecule has 1 saturated carbocycles. The lowest BCUT2D eigenvalue weighted by atomic mass is 10.1. The molecule has 1 heterocycles. The van der Waals surface area contributed by atoms with E-state index < -0.39 is 0 Å². The molecule has 1 aromatic carbocycles. The zero-order chi connectivity index (χ0) is 15.9. The number of piperazine rings is 1. The van der Waals surface area contributed by atoms with E-state index in [0.29, 0.717) is 0 Å². The van der Waals surface area contributed by atoms with Gasteiger partial charge in [-0.3, -0.25) is 0 Å². The van der Waals surface area contributed by atoms with Gasteiger partial charge < -0.3 is 14.5 Å². The van der Waals surface area contributed by atoms with Crippen molar-refractivity contribution in [2.45, 2.75) is 58.0 Å². The minimum Gasteiger partial charge on any atom is -0.494 e. The molecule has 0 bridgehead atoms. The van der Waals surface area contributed by atoms with Gasteiger partial charge >= 0.3 is 0 Å². The van der Waals surface area contributed by atoms with Gasteiger partial charge in [-0.25, -0.2) is 0 Å². The Labute approximate surface area is 141 Å². The number of hydrogen-bond acceptors (Lipinski definition) is 1. The van der Waals surface area contributed by atoms with Crippen molar-refractivity contribution >= 4 is 0 Å². The highest BCUT2D eigenvalue weighted by Crippen LogP contribution is 2.15. The van der Waals surface area contributed by atoms with E-state index >= 15 is 0 Å². The van der Waals surface area contributed by atoms with E-state index in [2.05, 4.69) is 24.3 Å². The minimum absolute atomic E-state index is 0.747. The number of quaternary nitrogens is 2. The molecule has 2 fully saturated rings. The lowest BCUT2D eigenvalue weighted by molar-refractivity contribution is -1.03. The molecule has 0 amide bonds. The topological polar surface area (TPSA) is 18.1 Å². The number of hydrogen-bond donors (Lipinski definition) is 2. The normalized spacial score (nSPS) is 26.7. The Bertz CT molecular complexity index is 443. The molecule has 0 spiro atoms. The van der Waals surface area contributed by atoms with Crippen LogP contribution in [0.1, 0.15) is 51.0 Å². The average Bonchev–Trinajstić information content (AvgIpc) is 2.87. The van der Waals surface area contributed by atoms with Crippen LogP contribution < -0.4 is 14.5 Å². The van der Waals surface area contributed by atoms with Crippen LogP contribution in [0.15, 0.2) is 24.3 Å². The van der Waals surface area contributed by atoms with Gasteiger partial charge in [0.15, 0.2) is 0 Å². The average molecular weight is 319 g/mol. The predicted octanol–water partition coefficient (Wildman–Crippen LogP) is 1.09. The first-order valence-electron chi connectivity index (χ1n) is 9.75. The Morgan fingerprint density at radius 2 is 1.57 bits per heavy atom. The molecule has 3 heteroatoms. The fourth-order valence-corrected chi connectivity index (χ4v) is 4.36. The van der Waals surface area contributed by atoms with E-state index in [0.717, 1.165) is 18.4 Å². The molecule has 2 N–H and O–H groups in total. The van der Waals surface area contributed by atoms with Gasteiger partial charge in [0.25, 0.3) is 0 Å². The lowest BCUT2D eigenvalue weighted by Crippen LogP contribution is -3.29. The smallest absolute Gasteiger partial charge is 0.127 e. The predicted molar refractivity (Wildman–Crippen MR) is 94.2 cm³/mol.